The van der Waals surface area contributed by atoms with Crippen LogP contribution in [-0.2, 0) is 0 Å². The Morgan fingerprint density at radius 3 is 2.93 bits per heavy atom. The van der Waals surface area contributed by atoms with Gasteiger partial charge in [-0.15, -0.1) is 5.10 Å². The highest BCUT2D eigenvalue weighted by Gasteiger charge is 2.13. The number of carbonyl (C=O) groups is 1. The summed E-state index contributed by atoms with van der Waals surface area (Å²) in [6, 6.07) is 1.63. The quantitative estimate of drug-likeness (QED) is 0.699. The molecule has 14 heavy (non-hydrogen) atoms. The topological polar surface area (TPSA) is 80.4 Å². The standard InChI is InChI=1S/C7H5N4O2S/c1-3-2-4(14)11-7(8-3)9-5(10-11)6(12)13/h2H,1H3,(H,12,13). The molecule has 0 aliphatic carbocycles. The molecule has 0 unspecified atom stereocenters. The van der Waals surface area contributed by atoms with Gasteiger partial charge in [-0.1, -0.05) is 12.6 Å². The molecular formula is C7H5N4O2S. The summed E-state index contributed by atoms with van der Waals surface area (Å²) >= 11 is 4.97. The highest BCUT2D eigenvalue weighted by atomic mass is 32.1. The number of nitrogens with zero attached hydrogens (tertiary/aromatic N) is 4. The monoisotopic (exact) mass is 209 g/mol. The van der Waals surface area contributed by atoms with Crippen molar-refractivity contribution in [2.24, 2.45) is 0 Å². The van der Waals surface area contributed by atoms with E-state index in [1.165, 1.54) is 4.52 Å². The Balaban J connectivity index is 2.76. The summed E-state index contributed by atoms with van der Waals surface area (Å²) in [7, 11) is 0. The van der Waals surface area contributed by atoms with Crippen molar-refractivity contribution >= 4 is 24.4 Å². The van der Waals surface area contributed by atoms with E-state index >= 15 is 0 Å². The van der Waals surface area contributed by atoms with E-state index in [0.717, 1.165) is 0 Å². The van der Waals surface area contributed by atoms with Crippen LogP contribution in [0.25, 0.3) is 5.78 Å². The summed E-state index contributed by atoms with van der Waals surface area (Å²) in [5.41, 5.74) is 0.687. The van der Waals surface area contributed by atoms with Crippen LogP contribution in [0.15, 0.2) is 11.1 Å². The number of carboxylic acid groups (broad SMARTS) is 1. The minimum atomic E-state index is -1.19. The molecule has 0 atom stereocenters. The molecule has 0 saturated carbocycles. The molecule has 2 heterocycles. The zero-order valence-corrected chi connectivity index (χ0v) is 7.95. The number of hydrogen-bond donors (Lipinski definition) is 1. The van der Waals surface area contributed by atoms with Gasteiger partial charge in [-0.2, -0.15) is 9.50 Å². The first-order valence-corrected chi connectivity index (χ1v) is 4.13. The smallest absolute Gasteiger partial charge is 0.375 e. The van der Waals surface area contributed by atoms with E-state index < -0.39 is 5.97 Å². The molecule has 0 fully saturated rings. The van der Waals surface area contributed by atoms with Gasteiger partial charge in [0.05, 0.1) is 0 Å². The molecular weight excluding hydrogens is 204 g/mol. The fourth-order valence-corrected chi connectivity index (χ4v) is 1.34. The zero-order valence-electron chi connectivity index (χ0n) is 7.13. The number of aryl methyl sites for hydroxylation is 1. The van der Waals surface area contributed by atoms with Crippen LogP contribution >= 0.6 is 12.6 Å². The van der Waals surface area contributed by atoms with Crippen molar-refractivity contribution < 1.29 is 9.90 Å². The minimum Gasteiger partial charge on any atom is -0.475 e. The van der Waals surface area contributed by atoms with Crippen molar-refractivity contribution in [1.82, 2.24) is 19.6 Å². The Hall–Kier alpha value is -1.76. The molecule has 0 aromatic carbocycles. The normalized spacial score (nSPS) is 10.6. The largest absolute Gasteiger partial charge is 0.475 e. The van der Waals surface area contributed by atoms with Gasteiger partial charge in [0.2, 0.25) is 0 Å². The highest BCUT2D eigenvalue weighted by Crippen LogP contribution is 2.09. The molecule has 0 aliphatic rings. The van der Waals surface area contributed by atoms with E-state index in [0.29, 0.717) is 10.7 Å². The van der Waals surface area contributed by atoms with Gasteiger partial charge in [0.1, 0.15) is 5.03 Å². The van der Waals surface area contributed by atoms with E-state index in [2.05, 4.69) is 15.1 Å². The first-order chi connectivity index (χ1) is 6.58. The molecule has 1 N–H and O–H groups in total. The molecule has 71 valence electrons. The van der Waals surface area contributed by atoms with Gasteiger partial charge in [0.15, 0.2) is 0 Å². The number of hydrogen-bond acceptors (Lipinski definition) is 4. The molecule has 7 heteroatoms. The van der Waals surface area contributed by atoms with Crippen LogP contribution in [0.5, 0.6) is 0 Å². The van der Waals surface area contributed by atoms with Crippen LogP contribution in [0, 0.1) is 6.92 Å². The summed E-state index contributed by atoms with van der Waals surface area (Å²) in [5.74, 6) is -1.27. The van der Waals surface area contributed by atoms with Crippen molar-refractivity contribution in [2.45, 2.75) is 11.9 Å². The van der Waals surface area contributed by atoms with E-state index in [4.69, 9.17) is 17.7 Å². The fraction of sp³-hybridized carbons (Fsp3) is 0.143. The van der Waals surface area contributed by atoms with Crippen LogP contribution in [0.3, 0.4) is 0 Å². The van der Waals surface area contributed by atoms with Crippen LogP contribution in [0.4, 0.5) is 0 Å². The average molecular weight is 209 g/mol. The highest BCUT2D eigenvalue weighted by molar-refractivity contribution is 7.80. The van der Waals surface area contributed by atoms with E-state index in [1.54, 1.807) is 13.0 Å². The Kier molecular flexibility index (Phi) is 1.81. The van der Waals surface area contributed by atoms with E-state index in [1.807, 2.05) is 0 Å². The summed E-state index contributed by atoms with van der Waals surface area (Å²) < 4.78 is 1.23. The van der Waals surface area contributed by atoms with Crippen LogP contribution in [-0.4, -0.2) is 30.7 Å². The maximum atomic E-state index is 10.6. The third-order valence-electron chi connectivity index (χ3n) is 1.60. The zero-order chi connectivity index (χ0) is 10.3. The van der Waals surface area contributed by atoms with Crippen molar-refractivity contribution in [3.05, 3.63) is 17.6 Å². The summed E-state index contributed by atoms with van der Waals surface area (Å²) in [6.07, 6.45) is 0. The second kappa shape index (κ2) is 2.88. The minimum absolute atomic E-state index is 0.215. The second-order valence-electron chi connectivity index (χ2n) is 2.69. The third kappa shape index (κ3) is 1.27. The predicted molar refractivity (Wildman–Crippen MR) is 48.3 cm³/mol. The molecule has 2 rings (SSSR count). The molecule has 0 bridgehead atoms. The lowest BCUT2D eigenvalue weighted by molar-refractivity contribution is 0.0683. The Bertz CT molecular complexity index is 522. The molecule has 1 radical (unpaired) electrons. The van der Waals surface area contributed by atoms with Crippen molar-refractivity contribution in [3.8, 4) is 0 Å². The summed E-state index contributed by atoms with van der Waals surface area (Å²) in [6.45, 7) is 1.75. The van der Waals surface area contributed by atoms with Gasteiger partial charge in [-0.25, -0.2) is 9.78 Å². The number of rotatable bonds is 1. The third-order valence-corrected chi connectivity index (χ3v) is 1.89. The Morgan fingerprint density at radius 1 is 1.57 bits per heavy atom. The van der Waals surface area contributed by atoms with Crippen molar-refractivity contribution in [1.29, 1.82) is 0 Å². The average Bonchev–Trinajstić information content (AvgIpc) is 2.47. The Labute approximate surface area is 84.0 Å². The van der Waals surface area contributed by atoms with E-state index in [9.17, 15) is 4.79 Å². The lowest BCUT2D eigenvalue weighted by Gasteiger charge is -1.95. The number of aromatic nitrogens is 4. The number of aromatic carboxylic acids is 1. The maximum absolute atomic E-state index is 10.6. The van der Waals surface area contributed by atoms with Gasteiger partial charge in [0.25, 0.3) is 11.6 Å². The number of fused-ring (bicyclic) bond motifs is 1. The van der Waals surface area contributed by atoms with Crippen molar-refractivity contribution in [2.75, 3.05) is 0 Å². The molecule has 0 aliphatic heterocycles. The summed E-state index contributed by atoms with van der Waals surface area (Å²) in [4.78, 5) is 18.3. The second-order valence-corrected chi connectivity index (χ2v) is 3.11. The SMILES string of the molecule is Cc1cc([S])n2nc(C(=O)O)nc2n1. The lowest BCUT2D eigenvalue weighted by atomic mass is 10.5. The fourth-order valence-electron chi connectivity index (χ4n) is 1.04. The molecule has 0 spiro atoms. The van der Waals surface area contributed by atoms with Gasteiger partial charge >= 0.3 is 5.97 Å². The van der Waals surface area contributed by atoms with E-state index in [-0.39, 0.29) is 11.6 Å². The van der Waals surface area contributed by atoms with Gasteiger partial charge in [-0.3, -0.25) is 0 Å². The van der Waals surface area contributed by atoms with Crippen LogP contribution < -0.4 is 0 Å². The van der Waals surface area contributed by atoms with Gasteiger partial charge < -0.3 is 5.11 Å². The lowest BCUT2D eigenvalue weighted by Crippen LogP contribution is -1.99. The molecule has 0 amide bonds. The molecule has 2 aromatic rings. The Morgan fingerprint density at radius 2 is 2.29 bits per heavy atom. The molecule has 0 saturated heterocycles. The van der Waals surface area contributed by atoms with Gasteiger partial charge in [0, 0.05) is 5.69 Å². The first-order valence-electron chi connectivity index (χ1n) is 3.72. The van der Waals surface area contributed by atoms with Crippen LogP contribution in [0.2, 0.25) is 0 Å². The first kappa shape index (κ1) is 8.82. The molecule has 2 aromatic heterocycles. The van der Waals surface area contributed by atoms with Crippen LogP contribution in [0.1, 0.15) is 16.3 Å². The predicted octanol–water partition coefficient (Wildman–Crippen LogP) is 0.687. The molecule has 6 nitrogen and oxygen atoms in total. The summed E-state index contributed by atoms with van der Waals surface area (Å²) in [5, 5.41) is 12.7. The van der Waals surface area contributed by atoms with Crippen molar-refractivity contribution in [3.63, 3.8) is 0 Å². The number of carboxylic acids is 1. The maximum Gasteiger partial charge on any atom is 0.375 e. The van der Waals surface area contributed by atoms with Gasteiger partial charge in [-0.05, 0) is 13.0 Å².